The van der Waals surface area contributed by atoms with E-state index in [0.717, 1.165) is 16.8 Å². The highest BCUT2D eigenvalue weighted by atomic mass is 16.1. The minimum atomic E-state index is -0.0894. The molecule has 3 heteroatoms. The standard InChI is InChI=1S/C21H15NO2/c1-22-14-11-9-13(10-12-14)15-7-4-8-18-19(15)21(24)17-6-3-2-5-16(17)20(18)23/h2-12,22H,1H3. The van der Waals surface area contributed by atoms with Crippen LogP contribution in [0.15, 0.2) is 66.7 Å². The largest absolute Gasteiger partial charge is 0.388 e. The number of ketones is 2. The van der Waals surface area contributed by atoms with Crippen LogP contribution in [0.4, 0.5) is 5.69 Å². The molecule has 0 bridgehead atoms. The second-order valence-corrected chi connectivity index (χ2v) is 5.76. The fraction of sp³-hybridized carbons (Fsp3) is 0.0476. The van der Waals surface area contributed by atoms with Crippen molar-refractivity contribution in [2.24, 2.45) is 0 Å². The first kappa shape index (κ1) is 14.4. The Balaban J connectivity index is 1.94. The van der Waals surface area contributed by atoms with Crippen LogP contribution in [0, 0.1) is 0 Å². The second kappa shape index (κ2) is 5.46. The summed E-state index contributed by atoms with van der Waals surface area (Å²) in [6.07, 6.45) is 0. The summed E-state index contributed by atoms with van der Waals surface area (Å²) >= 11 is 0. The van der Waals surface area contributed by atoms with Gasteiger partial charge in [0.2, 0.25) is 0 Å². The zero-order valence-electron chi connectivity index (χ0n) is 13.2. The van der Waals surface area contributed by atoms with E-state index in [1.807, 2.05) is 43.4 Å². The first-order valence-electron chi connectivity index (χ1n) is 7.80. The molecule has 4 rings (SSSR count). The number of nitrogens with one attached hydrogen (secondary N) is 1. The smallest absolute Gasteiger partial charge is 0.195 e. The van der Waals surface area contributed by atoms with Crippen molar-refractivity contribution >= 4 is 17.3 Å². The number of hydrogen-bond donors (Lipinski definition) is 1. The molecule has 0 spiro atoms. The van der Waals surface area contributed by atoms with Gasteiger partial charge < -0.3 is 5.32 Å². The molecule has 24 heavy (non-hydrogen) atoms. The highest BCUT2D eigenvalue weighted by molar-refractivity contribution is 6.30. The zero-order chi connectivity index (χ0) is 16.7. The Hall–Kier alpha value is -3.20. The quantitative estimate of drug-likeness (QED) is 0.604. The summed E-state index contributed by atoms with van der Waals surface area (Å²) in [5.41, 5.74) is 4.66. The minimum absolute atomic E-state index is 0.0890. The van der Waals surface area contributed by atoms with Crippen molar-refractivity contribution in [2.75, 3.05) is 12.4 Å². The van der Waals surface area contributed by atoms with Gasteiger partial charge in [0.05, 0.1) is 0 Å². The maximum atomic E-state index is 13.0. The van der Waals surface area contributed by atoms with Gasteiger partial charge in [0.15, 0.2) is 11.6 Å². The van der Waals surface area contributed by atoms with E-state index in [1.54, 1.807) is 30.3 Å². The summed E-state index contributed by atoms with van der Waals surface area (Å²) in [4.78, 5) is 25.8. The minimum Gasteiger partial charge on any atom is -0.388 e. The van der Waals surface area contributed by atoms with Crippen molar-refractivity contribution in [1.82, 2.24) is 0 Å². The molecule has 0 atom stereocenters. The van der Waals surface area contributed by atoms with Gasteiger partial charge in [0.25, 0.3) is 0 Å². The number of rotatable bonds is 2. The summed E-state index contributed by atoms with van der Waals surface area (Å²) < 4.78 is 0. The predicted molar refractivity (Wildman–Crippen MR) is 94.7 cm³/mol. The average Bonchev–Trinajstić information content (AvgIpc) is 2.65. The molecule has 0 heterocycles. The number of anilines is 1. The van der Waals surface area contributed by atoms with Crippen LogP contribution in [-0.4, -0.2) is 18.6 Å². The van der Waals surface area contributed by atoms with Gasteiger partial charge in [-0.2, -0.15) is 0 Å². The summed E-state index contributed by atoms with van der Waals surface area (Å²) in [6.45, 7) is 0. The Morgan fingerprint density at radius 1 is 0.625 bits per heavy atom. The predicted octanol–water partition coefficient (Wildman–Crippen LogP) is 4.17. The monoisotopic (exact) mass is 313 g/mol. The maximum absolute atomic E-state index is 13.0. The van der Waals surface area contributed by atoms with Gasteiger partial charge in [0.1, 0.15) is 0 Å². The van der Waals surface area contributed by atoms with Crippen LogP contribution in [-0.2, 0) is 0 Å². The van der Waals surface area contributed by atoms with E-state index in [0.29, 0.717) is 22.3 Å². The molecule has 0 aliphatic heterocycles. The van der Waals surface area contributed by atoms with Crippen LogP contribution < -0.4 is 5.32 Å². The van der Waals surface area contributed by atoms with Crippen LogP contribution >= 0.6 is 0 Å². The highest BCUT2D eigenvalue weighted by Crippen LogP contribution is 2.34. The lowest BCUT2D eigenvalue weighted by atomic mass is 9.80. The van der Waals surface area contributed by atoms with E-state index in [4.69, 9.17) is 0 Å². The maximum Gasteiger partial charge on any atom is 0.195 e. The van der Waals surface area contributed by atoms with Gasteiger partial charge in [0, 0.05) is 35.0 Å². The van der Waals surface area contributed by atoms with Gasteiger partial charge in [-0.25, -0.2) is 0 Å². The molecule has 116 valence electrons. The van der Waals surface area contributed by atoms with Crippen molar-refractivity contribution in [1.29, 1.82) is 0 Å². The lowest BCUT2D eigenvalue weighted by molar-refractivity contribution is 0.0979. The topological polar surface area (TPSA) is 46.2 Å². The van der Waals surface area contributed by atoms with E-state index in [1.165, 1.54) is 0 Å². The van der Waals surface area contributed by atoms with E-state index >= 15 is 0 Å². The Morgan fingerprint density at radius 3 is 1.88 bits per heavy atom. The molecular formula is C21H15NO2. The van der Waals surface area contributed by atoms with Crippen molar-refractivity contribution in [2.45, 2.75) is 0 Å². The summed E-state index contributed by atoms with van der Waals surface area (Å²) in [5.74, 6) is -0.178. The van der Waals surface area contributed by atoms with Crippen LogP contribution in [0.25, 0.3) is 11.1 Å². The Labute approximate surface area is 140 Å². The van der Waals surface area contributed by atoms with Gasteiger partial charge in [-0.3, -0.25) is 9.59 Å². The molecule has 0 fully saturated rings. The number of benzene rings is 3. The number of hydrogen-bond acceptors (Lipinski definition) is 3. The molecule has 0 saturated carbocycles. The molecule has 3 aromatic rings. The number of carbonyl (C=O) groups is 2. The van der Waals surface area contributed by atoms with Crippen molar-refractivity contribution in [3.63, 3.8) is 0 Å². The molecule has 0 unspecified atom stereocenters. The fourth-order valence-corrected chi connectivity index (χ4v) is 3.20. The molecule has 3 aromatic carbocycles. The van der Waals surface area contributed by atoms with Gasteiger partial charge in [-0.05, 0) is 23.3 Å². The van der Waals surface area contributed by atoms with Crippen LogP contribution in [0.1, 0.15) is 31.8 Å². The normalized spacial score (nSPS) is 12.5. The highest BCUT2D eigenvalue weighted by Gasteiger charge is 2.31. The Bertz CT molecular complexity index is 971. The second-order valence-electron chi connectivity index (χ2n) is 5.76. The van der Waals surface area contributed by atoms with Gasteiger partial charge in [-0.1, -0.05) is 54.6 Å². The summed E-state index contributed by atoms with van der Waals surface area (Å²) in [7, 11) is 1.86. The molecule has 0 saturated heterocycles. The molecule has 1 aliphatic carbocycles. The van der Waals surface area contributed by atoms with Gasteiger partial charge >= 0.3 is 0 Å². The van der Waals surface area contributed by atoms with Crippen molar-refractivity contribution in [3.05, 3.63) is 89.0 Å². The van der Waals surface area contributed by atoms with Crippen LogP contribution in [0.3, 0.4) is 0 Å². The lowest BCUT2D eigenvalue weighted by Crippen LogP contribution is -2.21. The zero-order valence-corrected chi connectivity index (χ0v) is 13.2. The van der Waals surface area contributed by atoms with Crippen molar-refractivity contribution in [3.8, 4) is 11.1 Å². The van der Waals surface area contributed by atoms with E-state index in [9.17, 15) is 9.59 Å². The SMILES string of the molecule is CNc1ccc(-c2cccc3c2C(=O)c2ccccc2C3=O)cc1. The fourth-order valence-electron chi connectivity index (χ4n) is 3.20. The molecule has 0 radical (unpaired) electrons. The molecular weight excluding hydrogens is 298 g/mol. The molecule has 0 aromatic heterocycles. The van der Waals surface area contributed by atoms with Crippen LogP contribution in [0.5, 0.6) is 0 Å². The molecule has 1 N–H and O–H groups in total. The first-order valence-corrected chi connectivity index (χ1v) is 7.80. The van der Waals surface area contributed by atoms with E-state index < -0.39 is 0 Å². The first-order chi connectivity index (χ1) is 11.7. The third kappa shape index (κ3) is 2.06. The Kier molecular flexibility index (Phi) is 3.28. The average molecular weight is 313 g/mol. The number of carbonyl (C=O) groups excluding carboxylic acids is 2. The third-order valence-corrected chi connectivity index (χ3v) is 4.44. The van der Waals surface area contributed by atoms with E-state index in [2.05, 4.69) is 5.32 Å². The molecule has 1 aliphatic rings. The molecule has 0 amide bonds. The van der Waals surface area contributed by atoms with E-state index in [-0.39, 0.29) is 11.6 Å². The summed E-state index contributed by atoms with van der Waals surface area (Å²) in [5, 5.41) is 3.08. The van der Waals surface area contributed by atoms with Crippen LogP contribution in [0.2, 0.25) is 0 Å². The molecule has 3 nitrogen and oxygen atoms in total. The summed E-state index contributed by atoms with van der Waals surface area (Å²) in [6, 6.07) is 20.3. The van der Waals surface area contributed by atoms with Gasteiger partial charge in [-0.15, -0.1) is 0 Å². The lowest BCUT2D eigenvalue weighted by Gasteiger charge is -2.20. The van der Waals surface area contributed by atoms with Crippen molar-refractivity contribution < 1.29 is 9.59 Å². The Morgan fingerprint density at radius 2 is 1.21 bits per heavy atom. The number of fused-ring (bicyclic) bond motifs is 2. The third-order valence-electron chi connectivity index (χ3n) is 4.44.